The Morgan fingerprint density at radius 2 is 1.77 bits per heavy atom. The molecular formula is C20H20BrN3OS. The molecule has 4 nitrogen and oxygen atoms in total. The van der Waals surface area contributed by atoms with Crippen LogP contribution in [0.3, 0.4) is 0 Å². The molecule has 0 saturated carbocycles. The Labute approximate surface area is 165 Å². The number of aryl methyl sites for hydroxylation is 2. The first kappa shape index (κ1) is 17.5. The molecule has 1 aromatic heterocycles. The molecule has 1 amide bonds. The van der Waals surface area contributed by atoms with Crippen LogP contribution in [0, 0.1) is 13.8 Å². The molecule has 0 radical (unpaired) electrons. The number of carbonyl (C=O) groups is 1. The number of rotatable bonds is 2. The number of anilines is 1. The summed E-state index contributed by atoms with van der Waals surface area (Å²) < 4.78 is 2.23. The summed E-state index contributed by atoms with van der Waals surface area (Å²) in [6, 6.07) is 12.0. The Morgan fingerprint density at radius 3 is 2.46 bits per heavy atom. The topological polar surface area (TPSA) is 36.4 Å². The van der Waals surface area contributed by atoms with Crippen LogP contribution in [0.25, 0.3) is 10.2 Å². The Balaban J connectivity index is 1.47. The van der Waals surface area contributed by atoms with E-state index in [0.717, 1.165) is 46.9 Å². The second kappa shape index (κ2) is 7.00. The maximum Gasteiger partial charge on any atom is 0.253 e. The molecule has 0 spiro atoms. The number of aromatic nitrogens is 1. The van der Waals surface area contributed by atoms with E-state index < -0.39 is 0 Å². The van der Waals surface area contributed by atoms with Crippen LogP contribution in [0.5, 0.6) is 0 Å². The van der Waals surface area contributed by atoms with Gasteiger partial charge in [-0.05, 0) is 55.3 Å². The van der Waals surface area contributed by atoms with Crippen LogP contribution >= 0.6 is 27.3 Å². The first-order valence-corrected chi connectivity index (χ1v) is 10.3. The molecule has 6 heteroatoms. The van der Waals surface area contributed by atoms with Crippen molar-refractivity contribution in [3.8, 4) is 0 Å². The minimum atomic E-state index is 0.105. The SMILES string of the molecule is Cc1cc(C)c2nc(N3CCN(C(=O)c4ccc(Br)cc4)CC3)sc2c1. The number of fused-ring (bicyclic) bond motifs is 1. The summed E-state index contributed by atoms with van der Waals surface area (Å²) in [6.07, 6.45) is 0. The van der Waals surface area contributed by atoms with Crippen molar-refractivity contribution in [1.29, 1.82) is 0 Å². The van der Waals surface area contributed by atoms with E-state index >= 15 is 0 Å². The number of amides is 1. The third-order valence-corrected chi connectivity index (χ3v) is 6.34. The number of piperazine rings is 1. The van der Waals surface area contributed by atoms with Crippen molar-refractivity contribution in [1.82, 2.24) is 9.88 Å². The van der Waals surface area contributed by atoms with E-state index in [1.807, 2.05) is 29.2 Å². The molecule has 3 aromatic rings. The van der Waals surface area contributed by atoms with Gasteiger partial charge in [0.05, 0.1) is 10.2 Å². The van der Waals surface area contributed by atoms with Crippen molar-refractivity contribution in [3.05, 3.63) is 57.6 Å². The zero-order valence-electron chi connectivity index (χ0n) is 14.8. The Bertz CT molecular complexity index is 959. The molecule has 0 bridgehead atoms. The average molecular weight is 430 g/mol. The smallest absolute Gasteiger partial charge is 0.253 e. The predicted octanol–water partition coefficient (Wildman–Crippen LogP) is 4.64. The second-order valence-electron chi connectivity index (χ2n) is 6.71. The quantitative estimate of drug-likeness (QED) is 0.595. The Hall–Kier alpha value is -1.92. The average Bonchev–Trinajstić information content (AvgIpc) is 3.06. The normalized spacial score (nSPS) is 14.9. The molecule has 1 aliphatic rings. The summed E-state index contributed by atoms with van der Waals surface area (Å²) in [5, 5.41) is 1.06. The van der Waals surface area contributed by atoms with Gasteiger partial charge < -0.3 is 9.80 Å². The van der Waals surface area contributed by atoms with Crippen LogP contribution < -0.4 is 4.90 Å². The van der Waals surface area contributed by atoms with E-state index in [2.05, 4.69) is 46.8 Å². The van der Waals surface area contributed by atoms with Gasteiger partial charge in [0.1, 0.15) is 0 Å². The van der Waals surface area contributed by atoms with Gasteiger partial charge in [-0.15, -0.1) is 0 Å². The molecule has 0 N–H and O–H groups in total. The summed E-state index contributed by atoms with van der Waals surface area (Å²) in [5.41, 5.74) is 4.35. The van der Waals surface area contributed by atoms with Crippen molar-refractivity contribution < 1.29 is 4.79 Å². The fourth-order valence-electron chi connectivity index (χ4n) is 3.37. The van der Waals surface area contributed by atoms with Crippen molar-refractivity contribution >= 4 is 48.5 Å². The minimum Gasteiger partial charge on any atom is -0.345 e. The number of thiazole rings is 1. The van der Waals surface area contributed by atoms with Crippen LogP contribution in [0.1, 0.15) is 21.5 Å². The Kier molecular flexibility index (Phi) is 4.71. The first-order chi connectivity index (χ1) is 12.5. The maximum absolute atomic E-state index is 12.7. The highest BCUT2D eigenvalue weighted by Crippen LogP contribution is 2.32. The molecule has 1 saturated heterocycles. The molecule has 2 heterocycles. The molecule has 4 rings (SSSR count). The zero-order valence-corrected chi connectivity index (χ0v) is 17.2. The lowest BCUT2D eigenvalue weighted by Gasteiger charge is -2.34. The van der Waals surface area contributed by atoms with Crippen molar-refractivity contribution in [3.63, 3.8) is 0 Å². The van der Waals surface area contributed by atoms with Crippen LogP contribution in [0.4, 0.5) is 5.13 Å². The van der Waals surface area contributed by atoms with Crippen molar-refractivity contribution in [2.24, 2.45) is 0 Å². The highest BCUT2D eigenvalue weighted by molar-refractivity contribution is 9.10. The molecule has 1 fully saturated rings. The Morgan fingerprint density at radius 1 is 1.08 bits per heavy atom. The monoisotopic (exact) mass is 429 g/mol. The van der Waals surface area contributed by atoms with Gasteiger partial charge >= 0.3 is 0 Å². The number of hydrogen-bond acceptors (Lipinski definition) is 4. The number of hydrogen-bond donors (Lipinski definition) is 0. The van der Waals surface area contributed by atoms with Gasteiger partial charge in [-0.3, -0.25) is 4.79 Å². The maximum atomic E-state index is 12.7. The summed E-state index contributed by atoms with van der Waals surface area (Å²) in [4.78, 5) is 21.7. The van der Waals surface area contributed by atoms with E-state index in [9.17, 15) is 4.79 Å². The largest absolute Gasteiger partial charge is 0.345 e. The molecular weight excluding hydrogens is 410 g/mol. The molecule has 0 atom stereocenters. The summed E-state index contributed by atoms with van der Waals surface area (Å²) in [6.45, 7) is 7.33. The third-order valence-electron chi connectivity index (χ3n) is 4.75. The number of carbonyl (C=O) groups excluding carboxylic acids is 1. The minimum absolute atomic E-state index is 0.105. The van der Waals surface area contributed by atoms with Crippen LogP contribution in [0.15, 0.2) is 40.9 Å². The van der Waals surface area contributed by atoms with Gasteiger partial charge in [-0.2, -0.15) is 0 Å². The van der Waals surface area contributed by atoms with Gasteiger partial charge in [0, 0.05) is 36.2 Å². The van der Waals surface area contributed by atoms with Gasteiger partial charge in [0.2, 0.25) is 0 Å². The second-order valence-corrected chi connectivity index (χ2v) is 8.64. The third kappa shape index (κ3) is 3.35. The standard InChI is InChI=1S/C20H20BrN3OS/c1-13-11-14(2)18-17(12-13)26-20(22-18)24-9-7-23(8-10-24)19(25)15-3-5-16(21)6-4-15/h3-6,11-12H,7-10H2,1-2H3. The van der Waals surface area contributed by atoms with Crippen LogP contribution in [-0.4, -0.2) is 42.0 Å². The van der Waals surface area contributed by atoms with Crippen LogP contribution in [0.2, 0.25) is 0 Å². The van der Waals surface area contributed by atoms with Gasteiger partial charge in [-0.25, -0.2) is 4.98 Å². The summed E-state index contributed by atoms with van der Waals surface area (Å²) in [5.74, 6) is 0.105. The number of halogens is 1. The fourth-order valence-corrected chi connectivity index (χ4v) is 4.83. The molecule has 26 heavy (non-hydrogen) atoms. The number of benzene rings is 2. The lowest BCUT2D eigenvalue weighted by molar-refractivity contribution is 0.0747. The van der Waals surface area contributed by atoms with Crippen molar-refractivity contribution in [2.75, 3.05) is 31.1 Å². The van der Waals surface area contributed by atoms with Gasteiger partial charge in [-0.1, -0.05) is 33.3 Å². The molecule has 134 valence electrons. The van der Waals surface area contributed by atoms with Crippen molar-refractivity contribution in [2.45, 2.75) is 13.8 Å². The van der Waals surface area contributed by atoms with E-state index in [1.54, 1.807) is 11.3 Å². The molecule has 0 unspecified atom stereocenters. The molecule has 1 aliphatic heterocycles. The van der Waals surface area contributed by atoms with E-state index in [-0.39, 0.29) is 5.91 Å². The van der Waals surface area contributed by atoms with E-state index in [1.165, 1.54) is 15.8 Å². The molecule has 0 aliphatic carbocycles. The lowest BCUT2D eigenvalue weighted by Crippen LogP contribution is -2.48. The summed E-state index contributed by atoms with van der Waals surface area (Å²) >= 11 is 5.16. The van der Waals surface area contributed by atoms with Gasteiger partial charge in [0.25, 0.3) is 5.91 Å². The highest BCUT2D eigenvalue weighted by Gasteiger charge is 2.24. The zero-order chi connectivity index (χ0) is 18.3. The number of nitrogens with zero attached hydrogens (tertiary/aromatic N) is 3. The van der Waals surface area contributed by atoms with Gasteiger partial charge in [0.15, 0.2) is 5.13 Å². The predicted molar refractivity (Wildman–Crippen MR) is 111 cm³/mol. The lowest BCUT2D eigenvalue weighted by atomic mass is 10.1. The highest BCUT2D eigenvalue weighted by atomic mass is 79.9. The first-order valence-electron chi connectivity index (χ1n) is 8.69. The van der Waals surface area contributed by atoms with E-state index in [4.69, 9.17) is 4.98 Å². The molecule has 2 aromatic carbocycles. The van der Waals surface area contributed by atoms with Crippen LogP contribution in [-0.2, 0) is 0 Å². The fraction of sp³-hybridized carbons (Fsp3) is 0.300. The van der Waals surface area contributed by atoms with E-state index in [0.29, 0.717) is 0 Å². The summed E-state index contributed by atoms with van der Waals surface area (Å²) in [7, 11) is 0.